The minimum Gasteiger partial charge on any atom is -0.393 e. The van der Waals surface area contributed by atoms with Crippen molar-refractivity contribution in [3.8, 4) is 61.6 Å². The Kier molecular flexibility index (Phi) is 21.2. The van der Waals surface area contributed by atoms with E-state index in [4.69, 9.17) is 38.4 Å². The maximum Gasteiger partial charge on any atom is 0.119 e. The second-order valence-electron chi connectivity index (χ2n) is 21.9. The topological polar surface area (TPSA) is 98.3 Å². The van der Waals surface area contributed by atoms with E-state index < -0.39 is 6.81 Å². The zero-order valence-electron chi connectivity index (χ0n) is 50.1. The van der Waals surface area contributed by atoms with E-state index >= 15 is 0 Å². The van der Waals surface area contributed by atoms with Crippen molar-refractivity contribution in [2.75, 3.05) is 11.0 Å². The molecule has 437 valence electrons. The number of rotatable bonds is 12. The molecule has 3 N–H and O–H groups in total. The van der Waals surface area contributed by atoms with Crippen LogP contribution >= 0.6 is 6.81 Å². The third-order valence-corrected chi connectivity index (χ3v) is 15.9. The Labute approximate surface area is 545 Å². The van der Waals surface area contributed by atoms with Crippen LogP contribution in [0.5, 0.6) is 0 Å². The number of nitrogens with one attached hydrogen (secondary N) is 1. The predicted molar refractivity (Wildman–Crippen MR) is 378 cm³/mol. The van der Waals surface area contributed by atoms with Crippen LogP contribution in [-0.2, 0) is 20.1 Å². The number of aromatic nitrogens is 3. The second kappa shape index (κ2) is 29.9. The number of hydrogen-bond acceptors (Lipinski definition) is 6. The van der Waals surface area contributed by atoms with Crippen LogP contribution < -0.4 is 4.90 Å². The van der Waals surface area contributed by atoms with Crippen molar-refractivity contribution >= 4 is 90.2 Å². The molecule has 0 saturated heterocycles. The summed E-state index contributed by atoms with van der Waals surface area (Å²) in [6.45, 7) is 0.950. The van der Waals surface area contributed by atoms with Crippen molar-refractivity contribution in [1.29, 1.82) is 5.16 Å². The Morgan fingerprint density at radius 2 is 0.900 bits per heavy atom. The van der Waals surface area contributed by atoms with Crippen LogP contribution in [0.15, 0.2) is 298 Å². The number of nitrogens with zero attached hydrogens (tertiary/aromatic N) is 4. The average molecular weight is 1360 g/mol. The van der Waals surface area contributed by atoms with E-state index in [1.807, 2.05) is 60.7 Å². The van der Waals surface area contributed by atoms with Gasteiger partial charge >= 0.3 is 0 Å². The van der Waals surface area contributed by atoms with Gasteiger partial charge in [-0.3, -0.25) is 4.98 Å². The first-order valence-corrected chi connectivity index (χ1v) is 31.8. The Hall–Kier alpha value is -9.17. The molecule has 0 aliphatic rings. The molecule has 7 nitrogen and oxygen atoms in total. The maximum atomic E-state index is 8.56. The van der Waals surface area contributed by atoms with Crippen molar-refractivity contribution in [2.24, 2.45) is 0 Å². The summed E-state index contributed by atoms with van der Waals surface area (Å²) in [5.41, 5.74) is 18.0. The Bertz CT molecular complexity index is 4490. The molecular weight excluding hydrogens is 1290 g/mol. The largest absolute Gasteiger partial charge is 0.393 e. The van der Waals surface area contributed by atoms with E-state index in [-0.39, 0.29) is 38.4 Å². The molecule has 7 radical (unpaired) electrons. The van der Waals surface area contributed by atoms with Gasteiger partial charge in [0.1, 0.15) is 21.5 Å². The number of para-hydroxylation sites is 2. The van der Waals surface area contributed by atoms with E-state index in [1.54, 1.807) is 20.2 Å². The molecule has 0 amide bonds. The van der Waals surface area contributed by atoms with Gasteiger partial charge in [0.05, 0.1) is 36.8 Å². The summed E-state index contributed by atoms with van der Waals surface area (Å²) in [7, 11) is 14.8. The first kappa shape index (κ1) is 63.8. The number of hydrogen-bond donors (Lipinski definition) is 3. The number of aliphatic hydroxyl groups is 2. The molecule has 14 rings (SSSR count). The summed E-state index contributed by atoms with van der Waals surface area (Å²) >= 11 is 0. The summed E-state index contributed by atoms with van der Waals surface area (Å²) in [6.07, 6.45) is 1.32. The van der Waals surface area contributed by atoms with E-state index in [9.17, 15) is 0 Å². The Morgan fingerprint density at radius 1 is 0.456 bits per heavy atom. The minimum absolute atomic E-state index is 0. The van der Waals surface area contributed by atoms with Crippen molar-refractivity contribution in [3.63, 3.8) is 0 Å². The van der Waals surface area contributed by atoms with Gasteiger partial charge in [0.2, 0.25) is 0 Å². The summed E-state index contributed by atoms with van der Waals surface area (Å²) in [5, 5.41) is 31.4. The maximum absolute atomic E-state index is 8.56. The minimum atomic E-state index is -2.37. The fourth-order valence-corrected chi connectivity index (χ4v) is 11.1. The molecule has 2 unspecified atom stereocenters. The molecule has 0 bridgehead atoms. The third kappa shape index (κ3) is 15.4. The molecule has 14 aromatic rings. The van der Waals surface area contributed by atoms with Gasteiger partial charge in [-0.1, -0.05) is 206 Å². The van der Waals surface area contributed by atoms with Crippen LogP contribution in [0.1, 0.15) is 20.3 Å². The Balaban J connectivity index is 0.000000228. The van der Waals surface area contributed by atoms with Crippen LogP contribution in [0.2, 0.25) is 0 Å². The second-order valence-corrected chi connectivity index (χ2v) is 24.2. The fraction of sp³-hybridized carbons (Fsp3) is 0.0769. The first-order valence-electron chi connectivity index (χ1n) is 29.7. The normalized spacial score (nSPS) is 11.6. The molecule has 12 aromatic carbocycles. The van der Waals surface area contributed by atoms with Crippen LogP contribution in [0.3, 0.4) is 0 Å². The number of fused-ring (bicyclic) bond motifs is 5. The molecule has 12 heteroatoms. The van der Waals surface area contributed by atoms with Gasteiger partial charge < -0.3 is 24.8 Å². The summed E-state index contributed by atoms with van der Waals surface area (Å²) in [6, 6.07) is 107. The molecule has 0 aliphatic carbocycles. The van der Waals surface area contributed by atoms with Crippen molar-refractivity contribution in [3.05, 3.63) is 304 Å². The first-order chi connectivity index (χ1) is 43.4. The molecular formula is C78H64B3IrN5O2P-. The van der Waals surface area contributed by atoms with Crippen LogP contribution in [0.25, 0.3) is 105 Å². The van der Waals surface area contributed by atoms with Crippen LogP contribution in [-0.4, -0.2) is 66.0 Å². The standard InChI is InChI=1S/C56H38N2.C16H11N2.C5H12O2.CH3B3NP.Ir/c1-2-16-45(17-3-1)58-55-23-9-8-20-53(55)54-38-44(30-37-56(54)58)39-24-31-46(32-25-39)57(47-33-26-42(27-34-47)51-21-10-14-40-12-4-6-18-49(40)51)48-35-28-43(29-36-48)52-22-11-15-41-13-5-7-19-50(41)52;1-3-7-13(8-4-1)15-11-16(18-12-17-15)14-9-5-2-6-10-14;1-4(6)3-5(2)7;2-1-6(3,4)5;/h1-38H;1-9,11-12H;4-7H,3H2,1-2H3;5H,1H2;/q;-1;;;. The van der Waals surface area contributed by atoms with Gasteiger partial charge in [-0.25, -0.2) is 4.98 Å². The van der Waals surface area contributed by atoms with E-state index in [2.05, 4.69) is 256 Å². The SMILES string of the molecule is CC(O)CC(C)O.[B]CP([B])([B])=N.[Ir].[c-]1ccccc1-c1cc(-c2ccccc2)ncn1.c1ccc(-n2c3ccccc3c3cc(-c4ccc(N(c5ccc(-c6cccc7ccccc67)cc5)c5ccc(-c6cccc7ccccc67)cc5)cc4)ccc32)cc1. The molecule has 2 atom stereocenters. The molecule has 0 spiro atoms. The quantitative estimate of drug-likeness (QED) is 0.0643. The van der Waals surface area contributed by atoms with Gasteiger partial charge in [-0.2, -0.15) is 0 Å². The Morgan fingerprint density at radius 3 is 1.41 bits per heavy atom. The third-order valence-electron chi connectivity index (χ3n) is 15.3. The van der Waals surface area contributed by atoms with Gasteiger partial charge in [0.25, 0.3) is 0 Å². The van der Waals surface area contributed by atoms with E-state index in [1.165, 1.54) is 82.4 Å². The van der Waals surface area contributed by atoms with Crippen molar-refractivity contribution in [1.82, 2.24) is 14.5 Å². The number of benzene rings is 12. The summed E-state index contributed by atoms with van der Waals surface area (Å²) in [5.74, 6) is 0. The van der Waals surface area contributed by atoms with Gasteiger partial charge in [-0.15, -0.1) is 42.7 Å². The summed E-state index contributed by atoms with van der Waals surface area (Å²) in [4.78, 5) is 11.0. The zero-order chi connectivity index (χ0) is 61.7. The van der Waals surface area contributed by atoms with Crippen molar-refractivity contribution in [2.45, 2.75) is 32.5 Å². The summed E-state index contributed by atoms with van der Waals surface area (Å²) < 4.78 is 2.37. The molecule has 2 aromatic heterocycles. The van der Waals surface area contributed by atoms with Crippen molar-refractivity contribution < 1.29 is 30.3 Å². The van der Waals surface area contributed by atoms with Crippen LogP contribution in [0, 0.1) is 11.2 Å². The molecule has 0 saturated carbocycles. The average Bonchev–Trinajstić information content (AvgIpc) is 1.58. The van der Waals surface area contributed by atoms with Gasteiger partial charge in [0.15, 0.2) is 0 Å². The number of anilines is 3. The fourth-order valence-electron chi connectivity index (χ4n) is 11.1. The van der Waals surface area contributed by atoms with Crippen LogP contribution in [0.4, 0.5) is 17.1 Å². The molecule has 90 heavy (non-hydrogen) atoms. The monoisotopic (exact) mass is 1360 g/mol. The van der Waals surface area contributed by atoms with Gasteiger partial charge in [0, 0.05) is 53.6 Å². The zero-order valence-corrected chi connectivity index (χ0v) is 53.3. The smallest absolute Gasteiger partial charge is 0.119 e. The van der Waals surface area contributed by atoms with E-state index in [0.29, 0.717) is 6.42 Å². The predicted octanol–water partition coefficient (Wildman–Crippen LogP) is 19.4. The molecule has 2 heterocycles. The van der Waals surface area contributed by atoms with E-state index in [0.717, 1.165) is 39.6 Å². The number of aliphatic hydroxyl groups excluding tert-OH is 2. The molecule has 0 fully saturated rings. The molecule has 0 aliphatic heterocycles. The van der Waals surface area contributed by atoms with Gasteiger partial charge in [-0.05, 0) is 153 Å².